The highest BCUT2D eigenvalue weighted by atomic mass is 19.2. The third-order valence-corrected chi connectivity index (χ3v) is 4.88. The Morgan fingerprint density at radius 1 is 0.897 bits per heavy atom. The van der Waals surface area contributed by atoms with E-state index in [2.05, 4.69) is 12.2 Å². The van der Waals surface area contributed by atoms with Crippen molar-refractivity contribution in [1.29, 1.82) is 0 Å². The molecule has 1 atom stereocenters. The molecule has 0 aromatic heterocycles. The molecule has 1 aromatic carbocycles. The van der Waals surface area contributed by atoms with E-state index in [0.717, 1.165) is 37.5 Å². The summed E-state index contributed by atoms with van der Waals surface area (Å²) in [5, 5.41) is 2.43. The second-order valence-electron chi connectivity index (χ2n) is 7.53. The van der Waals surface area contributed by atoms with Gasteiger partial charge < -0.3 is 10.1 Å². The van der Waals surface area contributed by atoms with Gasteiger partial charge in [-0.15, -0.1) is 0 Å². The van der Waals surface area contributed by atoms with Gasteiger partial charge in [0.15, 0.2) is 11.6 Å². The topological polar surface area (TPSA) is 55.4 Å². The molecule has 0 radical (unpaired) electrons. The Balaban J connectivity index is 2.07. The summed E-state index contributed by atoms with van der Waals surface area (Å²) in [7, 11) is 0. The largest absolute Gasteiger partial charge is 0.464 e. The van der Waals surface area contributed by atoms with Crippen LogP contribution in [-0.4, -0.2) is 24.5 Å². The van der Waals surface area contributed by atoms with Crippen LogP contribution in [0.25, 0.3) is 0 Å². The highest BCUT2D eigenvalue weighted by molar-refractivity contribution is 5.96. The minimum Gasteiger partial charge on any atom is -0.464 e. The third kappa shape index (κ3) is 11.0. The van der Waals surface area contributed by atoms with Crippen LogP contribution in [-0.2, 0) is 9.53 Å². The molecule has 0 spiro atoms. The summed E-state index contributed by atoms with van der Waals surface area (Å²) in [5.74, 6) is -3.32. The van der Waals surface area contributed by atoms with Crippen molar-refractivity contribution < 1.29 is 23.1 Å². The van der Waals surface area contributed by atoms with Crippen LogP contribution in [0.5, 0.6) is 0 Å². The van der Waals surface area contributed by atoms with Gasteiger partial charge >= 0.3 is 5.97 Å². The van der Waals surface area contributed by atoms with Crippen LogP contribution in [0.3, 0.4) is 0 Å². The fraction of sp³-hybridized carbons (Fsp3) is 0.652. The van der Waals surface area contributed by atoms with Gasteiger partial charge in [0.25, 0.3) is 5.91 Å². The lowest BCUT2D eigenvalue weighted by molar-refractivity contribution is -0.145. The first-order valence-corrected chi connectivity index (χ1v) is 10.9. The quantitative estimate of drug-likeness (QED) is 0.287. The maximum Gasteiger partial charge on any atom is 0.328 e. The second-order valence-corrected chi connectivity index (χ2v) is 7.53. The molecule has 1 N–H and O–H groups in total. The SMILES string of the molecule is CCCCCCCCCCCCCOC(=O)C(C)NC(=O)c1ccc(F)c(F)c1. The molecule has 0 saturated carbocycles. The first kappa shape index (κ1) is 25.1. The summed E-state index contributed by atoms with van der Waals surface area (Å²) in [5.41, 5.74) is -0.0473. The number of carbonyl (C=O) groups is 2. The van der Waals surface area contributed by atoms with Crippen molar-refractivity contribution in [3.05, 3.63) is 35.4 Å². The maximum atomic E-state index is 13.2. The molecule has 0 aliphatic rings. The van der Waals surface area contributed by atoms with Crippen molar-refractivity contribution in [3.63, 3.8) is 0 Å². The molecule has 6 heteroatoms. The van der Waals surface area contributed by atoms with Crippen LogP contribution >= 0.6 is 0 Å². The van der Waals surface area contributed by atoms with Gasteiger partial charge in [0, 0.05) is 5.56 Å². The summed E-state index contributed by atoms with van der Waals surface area (Å²) in [6.07, 6.45) is 13.4. The summed E-state index contributed by atoms with van der Waals surface area (Å²) >= 11 is 0. The number of ether oxygens (including phenoxy) is 1. The Labute approximate surface area is 173 Å². The summed E-state index contributed by atoms with van der Waals surface area (Å²) in [6, 6.07) is 1.98. The molecule has 0 aliphatic heterocycles. The Bertz CT molecular complexity index is 622. The Morgan fingerprint density at radius 3 is 2.00 bits per heavy atom. The Morgan fingerprint density at radius 2 is 1.45 bits per heavy atom. The van der Waals surface area contributed by atoms with Gasteiger partial charge in [-0.05, 0) is 31.5 Å². The predicted octanol–water partition coefficient (Wildman–Crippen LogP) is 5.94. The molecule has 1 rings (SSSR count). The van der Waals surface area contributed by atoms with Crippen molar-refractivity contribution in [2.75, 3.05) is 6.61 Å². The molecule has 0 fully saturated rings. The third-order valence-electron chi connectivity index (χ3n) is 4.88. The summed E-state index contributed by atoms with van der Waals surface area (Å²) in [4.78, 5) is 23.9. The van der Waals surface area contributed by atoms with E-state index in [1.165, 1.54) is 58.3 Å². The number of carbonyl (C=O) groups excluding carboxylic acids is 2. The van der Waals surface area contributed by atoms with Crippen molar-refractivity contribution in [3.8, 4) is 0 Å². The van der Waals surface area contributed by atoms with Gasteiger partial charge in [0.1, 0.15) is 6.04 Å². The molecule has 4 nitrogen and oxygen atoms in total. The number of rotatable bonds is 15. The predicted molar refractivity (Wildman–Crippen MR) is 111 cm³/mol. The van der Waals surface area contributed by atoms with Crippen LogP contribution in [0, 0.1) is 11.6 Å². The van der Waals surface area contributed by atoms with Gasteiger partial charge in [-0.1, -0.05) is 71.1 Å². The molecule has 29 heavy (non-hydrogen) atoms. The monoisotopic (exact) mass is 411 g/mol. The first-order chi connectivity index (χ1) is 14.0. The van der Waals surface area contributed by atoms with Crippen LogP contribution in [0.15, 0.2) is 18.2 Å². The number of unbranched alkanes of at least 4 members (excludes halogenated alkanes) is 10. The van der Waals surface area contributed by atoms with Gasteiger partial charge in [-0.2, -0.15) is 0 Å². The zero-order valence-electron chi connectivity index (χ0n) is 17.8. The average molecular weight is 412 g/mol. The lowest BCUT2D eigenvalue weighted by Crippen LogP contribution is -2.39. The Kier molecular flexibility index (Phi) is 12.9. The van der Waals surface area contributed by atoms with E-state index in [-0.39, 0.29) is 5.56 Å². The first-order valence-electron chi connectivity index (χ1n) is 10.9. The molecule has 1 unspecified atom stereocenters. The smallest absolute Gasteiger partial charge is 0.328 e. The molecule has 0 saturated heterocycles. The van der Waals surface area contributed by atoms with Crippen LogP contribution in [0.2, 0.25) is 0 Å². The summed E-state index contributed by atoms with van der Waals surface area (Å²) in [6.45, 7) is 4.05. The minimum atomic E-state index is -1.11. The Hall–Kier alpha value is -1.98. The zero-order valence-corrected chi connectivity index (χ0v) is 17.8. The van der Waals surface area contributed by atoms with E-state index in [1.807, 2.05) is 0 Å². The number of hydrogen-bond acceptors (Lipinski definition) is 3. The summed E-state index contributed by atoms with van der Waals surface area (Å²) < 4.78 is 31.3. The number of esters is 1. The van der Waals surface area contributed by atoms with E-state index < -0.39 is 29.6 Å². The van der Waals surface area contributed by atoms with E-state index in [9.17, 15) is 18.4 Å². The minimum absolute atomic E-state index is 0.0473. The van der Waals surface area contributed by atoms with Crippen LogP contribution in [0.1, 0.15) is 94.8 Å². The van der Waals surface area contributed by atoms with Crippen molar-refractivity contribution in [1.82, 2.24) is 5.32 Å². The molecule has 1 aromatic rings. The van der Waals surface area contributed by atoms with Crippen LogP contribution < -0.4 is 5.32 Å². The fourth-order valence-corrected chi connectivity index (χ4v) is 3.04. The van der Waals surface area contributed by atoms with Crippen LogP contribution in [0.4, 0.5) is 8.78 Å². The maximum absolute atomic E-state index is 13.2. The highest BCUT2D eigenvalue weighted by Gasteiger charge is 2.18. The number of amides is 1. The lowest BCUT2D eigenvalue weighted by atomic mass is 10.1. The van der Waals surface area contributed by atoms with Crippen molar-refractivity contribution in [2.24, 2.45) is 0 Å². The molecular formula is C23H35F2NO3. The average Bonchev–Trinajstić information content (AvgIpc) is 2.70. The standard InChI is InChI=1S/C23H35F2NO3/c1-3-4-5-6-7-8-9-10-11-12-13-16-29-23(28)18(2)26-22(27)19-14-15-20(24)21(25)17-19/h14-15,17-18H,3-13,16H2,1-2H3,(H,26,27). The van der Waals surface area contributed by atoms with E-state index in [0.29, 0.717) is 6.61 Å². The van der Waals surface area contributed by atoms with E-state index in [1.54, 1.807) is 0 Å². The van der Waals surface area contributed by atoms with Gasteiger partial charge in [0.2, 0.25) is 0 Å². The normalized spacial score (nSPS) is 11.9. The number of hydrogen-bond donors (Lipinski definition) is 1. The van der Waals surface area contributed by atoms with Crippen molar-refractivity contribution >= 4 is 11.9 Å². The molecule has 0 aliphatic carbocycles. The van der Waals surface area contributed by atoms with Gasteiger partial charge in [-0.25, -0.2) is 13.6 Å². The lowest BCUT2D eigenvalue weighted by Gasteiger charge is -2.13. The van der Waals surface area contributed by atoms with E-state index >= 15 is 0 Å². The highest BCUT2D eigenvalue weighted by Crippen LogP contribution is 2.12. The number of halogens is 2. The molecular weight excluding hydrogens is 376 g/mol. The second kappa shape index (κ2) is 14.9. The number of nitrogens with one attached hydrogen (secondary N) is 1. The molecule has 0 bridgehead atoms. The van der Waals surface area contributed by atoms with E-state index in [4.69, 9.17) is 4.74 Å². The molecule has 1 amide bonds. The van der Waals surface area contributed by atoms with Gasteiger partial charge in [0.05, 0.1) is 6.61 Å². The van der Waals surface area contributed by atoms with Gasteiger partial charge in [-0.3, -0.25) is 4.79 Å². The van der Waals surface area contributed by atoms with Crippen molar-refractivity contribution in [2.45, 2.75) is 90.5 Å². The zero-order chi connectivity index (χ0) is 21.5. The molecule has 164 valence electrons. The number of benzene rings is 1. The fourth-order valence-electron chi connectivity index (χ4n) is 3.04. The molecule has 0 heterocycles.